The van der Waals surface area contributed by atoms with E-state index in [1.165, 1.54) is 0 Å². The molecule has 0 bridgehead atoms. The lowest BCUT2D eigenvalue weighted by Crippen LogP contribution is -2.05. The van der Waals surface area contributed by atoms with Crippen molar-refractivity contribution < 1.29 is 0 Å². The Balaban J connectivity index is 2.55. The van der Waals surface area contributed by atoms with Crippen molar-refractivity contribution in [3.8, 4) is 5.69 Å². The van der Waals surface area contributed by atoms with Crippen LogP contribution in [-0.4, -0.2) is 9.78 Å². The summed E-state index contributed by atoms with van der Waals surface area (Å²) in [7, 11) is 0. The molecule has 2 rings (SSSR count). The Morgan fingerprint density at radius 1 is 1.38 bits per heavy atom. The van der Waals surface area contributed by atoms with Crippen molar-refractivity contribution in [1.82, 2.24) is 9.78 Å². The fourth-order valence-electron chi connectivity index (χ4n) is 1.50. The van der Waals surface area contributed by atoms with Gasteiger partial charge in [-0.05, 0) is 30.7 Å². The van der Waals surface area contributed by atoms with Gasteiger partial charge in [0.2, 0.25) is 0 Å². The summed E-state index contributed by atoms with van der Waals surface area (Å²) in [6.45, 7) is 2.27. The number of halogens is 2. The highest BCUT2D eigenvalue weighted by Gasteiger charge is 2.08. The maximum atomic E-state index is 5.97. The molecule has 16 heavy (non-hydrogen) atoms. The molecule has 0 spiro atoms. The molecule has 2 N–H and O–H groups in total. The molecule has 5 heteroatoms. The molecule has 0 amide bonds. The topological polar surface area (TPSA) is 43.8 Å². The Labute approximate surface area is 104 Å². The summed E-state index contributed by atoms with van der Waals surface area (Å²) in [4.78, 5) is 0. The largest absolute Gasteiger partial charge is 0.326 e. The van der Waals surface area contributed by atoms with Crippen molar-refractivity contribution in [2.45, 2.75) is 13.5 Å². The van der Waals surface area contributed by atoms with Gasteiger partial charge in [-0.1, -0.05) is 23.2 Å². The molecule has 1 aromatic carbocycles. The number of aryl methyl sites for hydroxylation is 1. The lowest BCUT2D eigenvalue weighted by molar-refractivity contribution is 0.844. The van der Waals surface area contributed by atoms with Gasteiger partial charge < -0.3 is 5.73 Å². The fourth-order valence-corrected chi connectivity index (χ4v) is 1.83. The summed E-state index contributed by atoms with van der Waals surface area (Å²) in [5.41, 5.74) is 8.30. The van der Waals surface area contributed by atoms with Crippen molar-refractivity contribution in [2.75, 3.05) is 0 Å². The minimum Gasteiger partial charge on any atom is -0.326 e. The Morgan fingerprint density at radius 2 is 2.12 bits per heavy atom. The second kappa shape index (κ2) is 4.45. The van der Waals surface area contributed by atoms with E-state index in [0.29, 0.717) is 16.6 Å². The van der Waals surface area contributed by atoms with E-state index < -0.39 is 0 Å². The zero-order chi connectivity index (χ0) is 11.7. The molecule has 0 saturated carbocycles. The fraction of sp³-hybridized carbons (Fsp3) is 0.182. The Morgan fingerprint density at radius 3 is 2.69 bits per heavy atom. The van der Waals surface area contributed by atoms with Gasteiger partial charge in [-0.3, -0.25) is 0 Å². The Hall–Kier alpha value is -1.03. The van der Waals surface area contributed by atoms with Gasteiger partial charge in [-0.15, -0.1) is 0 Å². The lowest BCUT2D eigenvalue weighted by atomic mass is 10.2. The smallest absolute Gasteiger partial charge is 0.0819 e. The summed E-state index contributed by atoms with van der Waals surface area (Å²) in [6.07, 6.45) is 1.76. The molecule has 0 aliphatic carbocycles. The van der Waals surface area contributed by atoms with E-state index in [2.05, 4.69) is 5.10 Å². The van der Waals surface area contributed by atoms with Crippen LogP contribution in [0.3, 0.4) is 0 Å². The van der Waals surface area contributed by atoms with Gasteiger partial charge in [0.25, 0.3) is 0 Å². The predicted octanol–water partition coefficient (Wildman–Crippen LogP) is 2.95. The quantitative estimate of drug-likeness (QED) is 0.897. The van der Waals surface area contributed by atoms with Gasteiger partial charge in [0.05, 0.1) is 16.4 Å². The van der Waals surface area contributed by atoms with Crippen molar-refractivity contribution in [3.05, 3.63) is 45.7 Å². The molecule has 0 radical (unpaired) electrons. The molecule has 1 aromatic heterocycles. The van der Waals surface area contributed by atoms with Crippen molar-refractivity contribution in [2.24, 2.45) is 5.73 Å². The van der Waals surface area contributed by atoms with E-state index in [0.717, 1.165) is 16.9 Å². The average Bonchev–Trinajstić information content (AvgIpc) is 2.59. The van der Waals surface area contributed by atoms with Crippen LogP contribution >= 0.6 is 23.2 Å². The maximum Gasteiger partial charge on any atom is 0.0819 e. The molecule has 0 saturated heterocycles. The zero-order valence-corrected chi connectivity index (χ0v) is 10.3. The first-order chi connectivity index (χ1) is 7.61. The number of hydrogen-bond acceptors (Lipinski definition) is 2. The molecule has 0 aliphatic heterocycles. The molecule has 0 fully saturated rings. The van der Waals surface area contributed by atoms with Gasteiger partial charge in [-0.25, -0.2) is 4.68 Å². The zero-order valence-electron chi connectivity index (χ0n) is 8.74. The number of benzene rings is 1. The van der Waals surface area contributed by atoms with Crippen molar-refractivity contribution in [1.29, 1.82) is 0 Å². The van der Waals surface area contributed by atoms with E-state index >= 15 is 0 Å². The van der Waals surface area contributed by atoms with Crippen LogP contribution in [0.2, 0.25) is 10.0 Å². The average molecular weight is 256 g/mol. The Kier molecular flexibility index (Phi) is 3.19. The monoisotopic (exact) mass is 255 g/mol. The number of hydrogen-bond donors (Lipinski definition) is 1. The van der Waals surface area contributed by atoms with E-state index in [1.807, 2.05) is 19.1 Å². The van der Waals surface area contributed by atoms with Gasteiger partial charge in [-0.2, -0.15) is 5.10 Å². The maximum absolute atomic E-state index is 5.97. The third-order valence-electron chi connectivity index (χ3n) is 2.35. The number of nitrogens with zero attached hydrogens (tertiary/aromatic N) is 2. The molecular formula is C11H11Cl2N3. The number of aromatic nitrogens is 2. The van der Waals surface area contributed by atoms with Crippen LogP contribution < -0.4 is 5.73 Å². The summed E-state index contributed by atoms with van der Waals surface area (Å²) >= 11 is 11.9. The van der Waals surface area contributed by atoms with Gasteiger partial charge in [0.15, 0.2) is 0 Å². The molecule has 0 aliphatic rings. The second-order valence-corrected chi connectivity index (χ2v) is 4.33. The van der Waals surface area contributed by atoms with Gasteiger partial charge in [0, 0.05) is 17.8 Å². The first-order valence-corrected chi connectivity index (χ1v) is 5.58. The predicted molar refractivity (Wildman–Crippen MR) is 66.2 cm³/mol. The van der Waals surface area contributed by atoms with E-state index in [9.17, 15) is 0 Å². The van der Waals surface area contributed by atoms with Crippen LogP contribution in [0.15, 0.2) is 24.4 Å². The van der Waals surface area contributed by atoms with Crippen LogP contribution in [-0.2, 0) is 6.54 Å². The van der Waals surface area contributed by atoms with Crippen molar-refractivity contribution in [3.63, 3.8) is 0 Å². The molecule has 3 nitrogen and oxygen atoms in total. The highest BCUT2D eigenvalue weighted by atomic mass is 35.5. The molecule has 1 heterocycles. The molecule has 2 aromatic rings. The minimum atomic E-state index is 0.409. The van der Waals surface area contributed by atoms with Crippen LogP contribution in [0.4, 0.5) is 0 Å². The summed E-state index contributed by atoms with van der Waals surface area (Å²) < 4.78 is 1.72. The van der Waals surface area contributed by atoms with E-state index in [1.54, 1.807) is 16.9 Å². The lowest BCUT2D eigenvalue weighted by Gasteiger charge is -2.07. The summed E-state index contributed by atoms with van der Waals surface area (Å²) in [5.74, 6) is 0. The molecular weight excluding hydrogens is 245 g/mol. The van der Waals surface area contributed by atoms with Crippen LogP contribution in [0.1, 0.15) is 11.3 Å². The van der Waals surface area contributed by atoms with Crippen LogP contribution in [0.25, 0.3) is 5.69 Å². The number of rotatable bonds is 2. The first-order valence-electron chi connectivity index (χ1n) is 4.82. The standard InChI is InChI=1S/C11H11Cl2N3/c1-7-10(13)6-16(15-7)11-3-2-9(12)4-8(11)5-14/h2-4,6H,5,14H2,1H3. The third-order valence-corrected chi connectivity index (χ3v) is 2.95. The summed E-state index contributed by atoms with van der Waals surface area (Å²) in [5, 5.41) is 5.61. The second-order valence-electron chi connectivity index (χ2n) is 3.48. The van der Waals surface area contributed by atoms with Crippen LogP contribution in [0.5, 0.6) is 0 Å². The normalized spacial score (nSPS) is 10.8. The Bertz CT molecular complexity index is 500. The SMILES string of the molecule is Cc1nn(-c2ccc(Cl)cc2CN)cc1Cl. The van der Waals surface area contributed by atoms with Gasteiger partial charge >= 0.3 is 0 Å². The highest BCUT2D eigenvalue weighted by Crippen LogP contribution is 2.21. The van der Waals surface area contributed by atoms with Crippen LogP contribution in [0, 0.1) is 6.92 Å². The molecule has 84 valence electrons. The van der Waals surface area contributed by atoms with Crippen molar-refractivity contribution >= 4 is 23.2 Å². The summed E-state index contributed by atoms with van der Waals surface area (Å²) in [6, 6.07) is 5.52. The highest BCUT2D eigenvalue weighted by molar-refractivity contribution is 6.31. The minimum absolute atomic E-state index is 0.409. The third kappa shape index (κ3) is 2.07. The van der Waals surface area contributed by atoms with Gasteiger partial charge in [0.1, 0.15) is 0 Å². The van der Waals surface area contributed by atoms with E-state index in [4.69, 9.17) is 28.9 Å². The molecule has 0 atom stereocenters. The number of nitrogens with two attached hydrogens (primary N) is 1. The van der Waals surface area contributed by atoms with E-state index in [-0.39, 0.29) is 0 Å². The first kappa shape index (κ1) is 11.5. The molecule has 0 unspecified atom stereocenters.